The minimum Gasteiger partial charge on any atom is -0.375 e. The summed E-state index contributed by atoms with van der Waals surface area (Å²) in [5, 5.41) is 10.2. The maximum Gasteiger partial charge on any atom is 0.221 e. The monoisotopic (exact) mass is 372 g/mol. The quantitative estimate of drug-likeness (QED) is 0.765. The number of carbonyl (C=O) groups excluding carboxylic acids is 1. The molecular formula is C19H24N4O2S. The second kappa shape index (κ2) is 7.32. The van der Waals surface area contributed by atoms with Gasteiger partial charge in [-0.05, 0) is 44.5 Å². The van der Waals surface area contributed by atoms with Gasteiger partial charge in [0, 0.05) is 31.0 Å². The summed E-state index contributed by atoms with van der Waals surface area (Å²) in [6, 6.07) is 8.11. The van der Waals surface area contributed by atoms with Crippen LogP contribution in [0, 0.1) is 17.6 Å². The number of ether oxygens (including phenoxy) is 1. The van der Waals surface area contributed by atoms with Gasteiger partial charge >= 0.3 is 0 Å². The first-order valence-electron chi connectivity index (χ1n) is 9.24. The molecule has 2 N–H and O–H groups in total. The van der Waals surface area contributed by atoms with Crippen molar-refractivity contribution >= 4 is 18.1 Å². The van der Waals surface area contributed by atoms with Gasteiger partial charge in [0.05, 0.1) is 12.2 Å². The van der Waals surface area contributed by atoms with E-state index in [4.69, 9.17) is 17.0 Å². The van der Waals surface area contributed by atoms with Gasteiger partial charge in [-0.25, -0.2) is 0 Å². The number of aromatic amines is 1. The SMILES string of the molecule is Cc1cccc(-c2n[nH]c(=S)n2CCC(=O)NCC2CC3CCC2O3)c1. The van der Waals surface area contributed by atoms with E-state index in [0.29, 0.717) is 42.4 Å². The number of H-pyrrole nitrogens is 1. The summed E-state index contributed by atoms with van der Waals surface area (Å²) in [4.78, 5) is 12.3. The second-order valence-electron chi connectivity index (χ2n) is 7.30. The number of nitrogens with zero attached hydrogens (tertiary/aromatic N) is 2. The van der Waals surface area contributed by atoms with E-state index in [1.54, 1.807) is 0 Å². The maximum atomic E-state index is 12.3. The third kappa shape index (κ3) is 3.59. The zero-order chi connectivity index (χ0) is 18.1. The summed E-state index contributed by atoms with van der Waals surface area (Å²) in [7, 11) is 0. The molecule has 2 aromatic rings. The fraction of sp³-hybridized carbons (Fsp3) is 0.526. The van der Waals surface area contributed by atoms with Gasteiger partial charge in [-0.2, -0.15) is 5.10 Å². The number of nitrogens with one attached hydrogen (secondary N) is 2. The predicted octanol–water partition coefficient (Wildman–Crippen LogP) is 2.99. The molecule has 2 aliphatic heterocycles. The Labute approximate surface area is 158 Å². The molecule has 6 nitrogen and oxygen atoms in total. The second-order valence-corrected chi connectivity index (χ2v) is 7.68. The Morgan fingerprint density at radius 1 is 1.46 bits per heavy atom. The minimum atomic E-state index is 0.0473. The molecule has 138 valence electrons. The Hall–Kier alpha value is -1.99. The average Bonchev–Trinajstić information content (AvgIpc) is 3.34. The first kappa shape index (κ1) is 17.4. The highest BCUT2D eigenvalue weighted by Gasteiger charge is 2.40. The molecule has 0 aliphatic carbocycles. The third-order valence-corrected chi connectivity index (χ3v) is 5.70. The van der Waals surface area contributed by atoms with Crippen molar-refractivity contribution in [3.05, 3.63) is 34.6 Å². The third-order valence-electron chi connectivity index (χ3n) is 5.39. The smallest absolute Gasteiger partial charge is 0.221 e. The van der Waals surface area contributed by atoms with Crippen molar-refractivity contribution in [2.75, 3.05) is 6.54 Å². The minimum absolute atomic E-state index is 0.0473. The fourth-order valence-corrected chi connectivity index (χ4v) is 4.26. The lowest BCUT2D eigenvalue weighted by atomic mass is 9.89. The van der Waals surface area contributed by atoms with Gasteiger partial charge in [0.15, 0.2) is 10.6 Å². The van der Waals surface area contributed by atoms with E-state index in [1.165, 1.54) is 6.42 Å². The lowest BCUT2D eigenvalue weighted by Gasteiger charge is -2.18. The number of hydrogen-bond donors (Lipinski definition) is 2. The van der Waals surface area contributed by atoms with Gasteiger partial charge in [0.25, 0.3) is 0 Å². The van der Waals surface area contributed by atoms with E-state index in [-0.39, 0.29) is 5.91 Å². The molecule has 3 unspecified atom stereocenters. The van der Waals surface area contributed by atoms with E-state index >= 15 is 0 Å². The van der Waals surface area contributed by atoms with E-state index < -0.39 is 0 Å². The van der Waals surface area contributed by atoms with E-state index in [0.717, 1.165) is 29.8 Å². The van der Waals surface area contributed by atoms with Crippen molar-refractivity contribution in [2.45, 2.75) is 51.4 Å². The van der Waals surface area contributed by atoms with Crippen LogP contribution in [0.5, 0.6) is 0 Å². The number of aryl methyl sites for hydroxylation is 1. The molecule has 1 aromatic carbocycles. The standard InChI is InChI=1S/C19H24N4O2S/c1-12-3-2-4-13(9-12)18-21-22-19(26)23(18)8-7-17(24)20-11-14-10-15-5-6-16(14)25-15/h2-4,9,14-16H,5-8,10-11H2,1H3,(H,20,24)(H,22,26). The number of amides is 1. The Kier molecular flexibility index (Phi) is 4.91. The molecule has 1 amide bonds. The Morgan fingerprint density at radius 3 is 3.08 bits per heavy atom. The summed E-state index contributed by atoms with van der Waals surface area (Å²) >= 11 is 5.34. The molecule has 0 spiro atoms. The average molecular weight is 372 g/mol. The molecule has 26 heavy (non-hydrogen) atoms. The highest BCUT2D eigenvalue weighted by Crippen LogP contribution is 2.38. The van der Waals surface area contributed by atoms with Gasteiger partial charge in [0.2, 0.25) is 5.91 Å². The highest BCUT2D eigenvalue weighted by molar-refractivity contribution is 7.71. The van der Waals surface area contributed by atoms with Crippen LogP contribution < -0.4 is 5.32 Å². The van der Waals surface area contributed by atoms with E-state index in [9.17, 15) is 4.79 Å². The van der Waals surface area contributed by atoms with Crippen LogP contribution >= 0.6 is 12.2 Å². The Balaban J connectivity index is 1.35. The molecule has 2 fully saturated rings. The van der Waals surface area contributed by atoms with Gasteiger partial charge in [-0.15, -0.1) is 0 Å². The number of carbonyl (C=O) groups is 1. The van der Waals surface area contributed by atoms with Gasteiger partial charge < -0.3 is 10.1 Å². The van der Waals surface area contributed by atoms with Crippen LogP contribution in [0.3, 0.4) is 0 Å². The lowest BCUT2D eigenvalue weighted by Crippen LogP contribution is -2.33. The number of aromatic nitrogens is 3. The van der Waals surface area contributed by atoms with E-state index in [2.05, 4.69) is 21.6 Å². The van der Waals surface area contributed by atoms with Crippen LogP contribution in [-0.4, -0.2) is 39.4 Å². The van der Waals surface area contributed by atoms with Crippen LogP contribution in [0.1, 0.15) is 31.2 Å². The van der Waals surface area contributed by atoms with Crippen molar-refractivity contribution in [3.8, 4) is 11.4 Å². The molecule has 2 saturated heterocycles. The van der Waals surface area contributed by atoms with Crippen molar-refractivity contribution < 1.29 is 9.53 Å². The lowest BCUT2D eigenvalue weighted by molar-refractivity contribution is -0.121. The fourth-order valence-electron chi connectivity index (χ4n) is 4.03. The number of rotatable bonds is 6. The molecule has 0 saturated carbocycles. The van der Waals surface area contributed by atoms with Crippen LogP contribution in [0.15, 0.2) is 24.3 Å². The summed E-state index contributed by atoms with van der Waals surface area (Å²) in [5.41, 5.74) is 2.16. The topological polar surface area (TPSA) is 71.9 Å². The molecule has 2 aliphatic rings. The zero-order valence-electron chi connectivity index (χ0n) is 14.9. The van der Waals surface area contributed by atoms with Gasteiger partial charge in [0.1, 0.15) is 0 Å². The summed E-state index contributed by atoms with van der Waals surface area (Å²) in [5.74, 6) is 1.29. The summed E-state index contributed by atoms with van der Waals surface area (Å²) < 4.78 is 8.28. The van der Waals surface area contributed by atoms with Crippen LogP contribution in [0.25, 0.3) is 11.4 Å². The number of hydrogen-bond acceptors (Lipinski definition) is 4. The van der Waals surface area contributed by atoms with E-state index in [1.807, 2.05) is 29.7 Å². The van der Waals surface area contributed by atoms with Crippen LogP contribution in [-0.2, 0) is 16.1 Å². The molecule has 4 rings (SSSR count). The Bertz CT molecular complexity index is 859. The van der Waals surface area contributed by atoms with Gasteiger partial charge in [-0.1, -0.05) is 23.8 Å². The van der Waals surface area contributed by atoms with Crippen molar-refractivity contribution in [1.82, 2.24) is 20.1 Å². The zero-order valence-corrected chi connectivity index (χ0v) is 15.7. The summed E-state index contributed by atoms with van der Waals surface area (Å²) in [6.45, 7) is 3.27. The van der Waals surface area contributed by atoms with Gasteiger partial charge in [-0.3, -0.25) is 14.5 Å². The predicted molar refractivity (Wildman–Crippen MR) is 101 cm³/mol. The maximum absolute atomic E-state index is 12.3. The normalized spacial score (nSPS) is 24.1. The highest BCUT2D eigenvalue weighted by atomic mass is 32.1. The largest absolute Gasteiger partial charge is 0.375 e. The van der Waals surface area contributed by atoms with Crippen LogP contribution in [0.4, 0.5) is 0 Å². The molecule has 0 radical (unpaired) electrons. The summed E-state index contributed by atoms with van der Waals surface area (Å²) in [6.07, 6.45) is 4.53. The molecule has 1 aromatic heterocycles. The first-order valence-corrected chi connectivity index (χ1v) is 9.65. The van der Waals surface area contributed by atoms with Crippen molar-refractivity contribution in [2.24, 2.45) is 5.92 Å². The molecule has 3 atom stereocenters. The Morgan fingerprint density at radius 2 is 2.35 bits per heavy atom. The van der Waals surface area contributed by atoms with Crippen molar-refractivity contribution in [1.29, 1.82) is 0 Å². The number of benzene rings is 1. The van der Waals surface area contributed by atoms with Crippen LogP contribution in [0.2, 0.25) is 0 Å². The molecule has 7 heteroatoms. The number of fused-ring (bicyclic) bond motifs is 2. The molecule has 2 bridgehead atoms. The molecule has 3 heterocycles. The molecular weight excluding hydrogens is 348 g/mol. The van der Waals surface area contributed by atoms with Crippen molar-refractivity contribution in [3.63, 3.8) is 0 Å². The first-order chi connectivity index (χ1) is 12.6.